The van der Waals surface area contributed by atoms with Gasteiger partial charge in [-0.15, -0.1) is 0 Å². The van der Waals surface area contributed by atoms with Gasteiger partial charge >= 0.3 is 0 Å². The number of hydrogen-bond acceptors (Lipinski definition) is 5. The third-order valence-corrected chi connectivity index (χ3v) is 5.58. The summed E-state index contributed by atoms with van der Waals surface area (Å²) in [5, 5.41) is 3.12. The Balaban J connectivity index is 1.48. The Kier molecular flexibility index (Phi) is 7.02. The van der Waals surface area contributed by atoms with Crippen molar-refractivity contribution >= 4 is 5.91 Å². The van der Waals surface area contributed by atoms with Crippen molar-refractivity contribution in [2.24, 2.45) is 0 Å². The zero-order valence-corrected chi connectivity index (χ0v) is 18.5. The smallest absolute Gasteiger partial charge is 0.234 e. The van der Waals surface area contributed by atoms with E-state index >= 15 is 0 Å². The number of para-hydroxylation sites is 2. The van der Waals surface area contributed by atoms with E-state index < -0.39 is 0 Å². The first-order valence-electron chi connectivity index (χ1n) is 10.9. The zero-order valence-electron chi connectivity index (χ0n) is 18.5. The summed E-state index contributed by atoms with van der Waals surface area (Å²) in [5.41, 5.74) is 3.15. The van der Waals surface area contributed by atoms with E-state index in [1.807, 2.05) is 67.7 Å². The quantitative estimate of drug-likeness (QED) is 0.617. The number of amides is 1. The maximum absolute atomic E-state index is 12.9. The molecule has 0 saturated heterocycles. The molecule has 1 amide bonds. The van der Waals surface area contributed by atoms with Crippen LogP contribution in [0.25, 0.3) is 0 Å². The normalized spacial score (nSPS) is 16.9. The standard InChI is InChI=1S/C26H29N3O3/c1-19(14-20-8-7-13-27-15-20)28-26(30)18-29-16-21-9-3-5-11-23(21)32-25(17-29)22-10-4-6-12-24(22)31-2/h3-13,15,19,25H,14,16-18H2,1-2H3,(H,28,30)/t19-,25-/m1/s1. The van der Waals surface area contributed by atoms with Crippen molar-refractivity contribution in [2.45, 2.75) is 32.0 Å². The molecule has 2 heterocycles. The molecule has 1 aromatic heterocycles. The van der Waals surface area contributed by atoms with Gasteiger partial charge in [0, 0.05) is 42.7 Å². The van der Waals surface area contributed by atoms with Gasteiger partial charge in [0.2, 0.25) is 5.91 Å². The first-order valence-corrected chi connectivity index (χ1v) is 10.9. The Morgan fingerprint density at radius 1 is 1.19 bits per heavy atom. The van der Waals surface area contributed by atoms with E-state index in [2.05, 4.69) is 21.3 Å². The predicted octanol–water partition coefficient (Wildman–Crippen LogP) is 3.77. The minimum Gasteiger partial charge on any atom is -0.496 e. The molecule has 2 aromatic carbocycles. The molecular weight excluding hydrogens is 402 g/mol. The fraction of sp³-hybridized carbons (Fsp3) is 0.308. The Labute approximate surface area is 189 Å². The number of rotatable bonds is 7. The van der Waals surface area contributed by atoms with Gasteiger partial charge in [0.25, 0.3) is 0 Å². The van der Waals surface area contributed by atoms with Gasteiger partial charge in [-0.3, -0.25) is 14.7 Å². The van der Waals surface area contributed by atoms with Gasteiger partial charge in [0.1, 0.15) is 17.6 Å². The number of fused-ring (bicyclic) bond motifs is 1. The molecule has 6 nitrogen and oxygen atoms in total. The zero-order chi connectivity index (χ0) is 22.3. The molecule has 1 N–H and O–H groups in total. The molecule has 0 spiro atoms. The van der Waals surface area contributed by atoms with Crippen LogP contribution in [0, 0.1) is 0 Å². The van der Waals surface area contributed by atoms with Crippen molar-refractivity contribution in [3.63, 3.8) is 0 Å². The molecule has 0 unspecified atom stereocenters. The Morgan fingerprint density at radius 2 is 2.00 bits per heavy atom. The molecule has 0 saturated carbocycles. The summed E-state index contributed by atoms with van der Waals surface area (Å²) in [6.45, 7) is 3.54. The number of aromatic nitrogens is 1. The lowest BCUT2D eigenvalue weighted by molar-refractivity contribution is -0.123. The number of nitrogens with one attached hydrogen (secondary N) is 1. The topological polar surface area (TPSA) is 63.7 Å². The van der Waals surface area contributed by atoms with Crippen LogP contribution in [0.3, 0.4) is 0 Å². The first-order chi connectivity index (χ1) is 15.6. The third-order valence-electron chi connectivity index (χ3n) is 5.58. The number of carbonyl (C=O) groups is 1. The average molecular weight is 432 g/mol. The summed E-state index contributed by atoms with van der Waals surface area (Å²) in [7, 11) is 1.67. The van der Waals surface area contributed by atoms with Crippen LogP contribution in [0.5, 0.6) is 11.5 Å². The molecule has 3 aromatic rings. The van der Waals surface area contributed by atoms with Crippen LogP contribution in [0.1, 0.15) is 29.7 Å². The first kappa shape index (κ1) is 21.8. The number of pyridine rings is 1. The van der Waals surface area contributed by atoms with Gasteiger partial charge < -0.3 is 14.8 Å². The second-order valence-corrected chi connectivity index (χ2v) is 8.16. The van der Waals surface area contributed by atoms with E-state index in [1.165, 1.54) is 0 Å². The summed E-state index contributed by atoms with van der Waals surface area (Å²) in [5.74, 6) is 1.63. The van der Waals surface area contributed by atoms with Crippen molar-refractivity contribution in [1.82, 2.24) is 15.2 Å². The van der Waals surface area contributed by atoms with E-state index in [4.69, 9.17) is 9.47 Å². The van der Waals surface area contributed by atoms with Crippen molar-refractivity contribution < 1.29 is 14.3 Å². The maximum Gasteiger partial charge on any atom is 0.234 e. The van der Waals surface area contributed by atoms with E-state index in [-0.39, 0.29) is 18.1 Å². The molecular formula is C26H29N3O3. The highest BCUT2D eigenvalue weighted by atomic mass is 16.5. The summed E-state index contributed by atoms with van der Waals surface area (Å²) in [6.07, 6.45) is 4.10. The lowest BCUT2D eigenvalue weighted by atomic mass is 10.1. The maximum atomic E-state index is 12.9. The van der Waals surface area contributed by atoms with Crippen LogP contribution in [-0.4, -0.2) is 42.0 Å². The summed E-state index contributed by atoms with van der Waals surface area (Å²) >= 11 is 0. The summed E-state index contributed by atoms with van der Waals surface area (Å²) < 4.78 is 12.0. The second kappa shape index (κ2) is 10.3. The molecule has 0 bridgehead atoms. The van der Waals surface area contributed by atoms with Gasteiger partial charge in [0.05, 0.1) is 13.7 Å². The number of ether oxygens (including phenoxy) is 2. The van der Waals surface area contributed by atoms with Gasteiger partial charge in [0.15, 0.2) is 0 Å². The van der Waals surface area contributed by atoms with Crippen LogP contribution in [-0.2, 0) is 17.8 Å². The van der Waals surface area contributed by atoms with Crippen molar-refractivity contribution in [1.29, 1.82) is 0 Å². The average Bonchev–Trinajstić information content (AvgIpc) is 2.98. The lowest BCUT2D eigenvalue weighted by Crippen LogP contribution is -2.42. The molecule has 0 fully saturated rings. The van der Waals surface area contributed by atoms with Crippen LogP contribution in [0.4, 0.5) is 0 Å². The van der Waals surface area contributed by atoms with Gasteiger partial charge in [-0.05, 0) is 37.1 Å². The number of carbonyl (C=O) groups excluding carboxylic acids is 1. The highest BCUT2D eigenvalue weighted by Crippen LogP contribution is 2.34. The van der Waals surface area contributed by atoms with Crippen molar-refractivity contribution in [3.05, 3.63) is 89.7 Å². The highest BCUT2D eigenvalue weighted by Gasteiger charge is 2.27. The van der Waals surface area contributed by atoms with Crippen LogP contribution in [0.2, 0.25) is 0 Å². The molecule has 1 aliphatic heterocycles. The van der Waals surface area contributed by atoms with Gasteiger partial charge in [-0.1, -0.05) is 42.5 Å². The largest absolute Gasteiger partial charge is 0.496 e. The molecule has 32 heavy (non-hydrogen) atoms. The van der Waals surface area contributed by atoms with Crippen LogP contribution < -0.4 is 14.8 Å². The highest BCUT2D eigenvalue weighted by molar-refractivity contribution is 5.78. The monoisotopic (exact) mass is 431 g/mol. The molecule has 2 atom stereocenters. The van der Waals surface area contributed by atoms with Crippen LogP contribution >= 0.6 is 0 Å². The van der Waals surface area contributed by atoms with Crippen LogP contribution in [0.15, 0.2) is 73.1 Å². The van der Waals surface area contributed by atoms with Gasteiger partial charge in [-0.2, -0.15) is 0 Å². The Hall–Kier alpha value is -3.38. The fourth-order valence-corrected chi connectivity index (χ4v) is 4.14. The molecule has 1 aliphatic rings. The minimum absolute atomic E-state index is 0.000418. The molecule has 6 heteroatoms. The van der Waals surface area contributed by atoms with E-state index in [1.54, 1.807) is 13.3 Å². The van der Waals surface area contributed by atoms with Crippen molar-refractivity contribution in [2.75, 3.05) is 20.2 Å². The third kappa shape index (κ3) is 5.45. The summed E-state index contributed by atoms with van der Waals surface area (Å²) in [6, 6.07) is 19.9. The molecule has 4 rings (SSSR count). The number of methoxy groups -OCH3 is 1. The molecule has 0 radical (unpaired) electrons. The van der Waals surface area contributed by atoms with Crippen molar-refractivity contribution in [3.8, 4) is 11.5 Å². The van der Waals surface area contributed by atoms with E-state index in [0.29, 0.717) is 19.6 Å². The Morgan fingerprint density at radius 3 is 2.81 bits per heavy atom. The van der Waals surface area contributed by atoms with E-state index in [9.17, 15) is 4.79 Å². The summed E-state index contributed by atoms with van der Waals surface area (Å²) in [4.78, 5) is 19.2. The number of benzene rings is 2. The van der Waals surface area contributed by atoms with E-state index in [0.717, 1.165) is 34.6 Å². The number of nitrogens with zero attached hydrogens (tertiary/aromatic N) is 2. The lowest BCUT2D eigenvalue weighted by Gasteiger charge is -2.25. The predicted molar refractivity (Wildman–Crippen MR) is 124 cm³/mol. The number of hydrogen-bond donors (Lipinski definition) is 1. The fourth-order valence-electron chi connectivity index (χ4n) is 4.14. The second-order valence-electron chi connectivity index (χ2n) is 8.16. The SMILES string of the molecule is COc1ccccc1[C@H]1CN(CC(=O)N[C@H](C)Cc2cccnc2)Cc2ccccc2O1. The van der Waals surface area contributed by atoms with Gasteiger partial charge in [-0.25, -0.2) is 0 Å². The molecule has 166 valence electrons. The minimum atomic E-state index is -0.240. The Bertz CT molecular complexity index is 1040. The molecule has 0 aliphatic carbocycles.